The maximum Gasteiger partial charge on any atom is 0.210 e. The standard InChI is InChI=1S/C9H20N4O2S.HI/c1-8-3-2-5-13(7-8)9(10)12-4-6-16(11,14)15;/h8H,2-7H2,1H3,(H2,10,12)(H2,11,14,15);1H. The average molecular weight is 376 g/mol. The van der Waals surface area contributed by atoms with E-state index in [4.69, 9.17) is 10.9 Å². The van der Waals surface area contributed by atoms with Crippen molar-refractivity contribution in [2.45, 2.75) is 19.8 Å². The maximum absolute atomic E-state index is 10.7. The molecule has 1 atom stereocenters. The van der Waals surface area contributed by atoms with Crippen LogP contribution in [0.4, 0.5) is 0 Å². The predicted molar refractivity (Wildman–Crippen MR) is 79.8 cm³/mol. The van der Waals surface area contributed by atoms with Crippen LogP contribution in [0.1, 0.15) is 19.8 Å². The summed E-state index contributed by atoms with van der Waals surface area (Å²) in [6.45, 7) is 4.10. The van der Waals surface area contributed by atoms with Gasteiger partial charge in [0.15, 0.2) is 5.96 Å². The summed E-state index contributed by atoms with van der Waals surface area (Å²) in [5, 5.41) is 4.87. The molecule has 1 saturated heterocycles. The van der Waals surface area contributed by atoms with Gasteiger partial charge in [-0.1, -0.05) is 6.92 Å². The minimum atomic E-state index is -3.44. The van der Waals surface area contributed by atoms with Crippen LogP contribution in [0.15, 0.2) is 4.99 Å². The number of guanidine groups is 1. The van der Waals surface area contributed by atoms with Crippen molar-refractivity contribution in [2.24, 2.45) is 21.8 Å². The molecule has 1 aliphatic heterocycles. The van der Waals surface area contributed by atoms with Gasteiger partial charge in [0, 0.05) is 13.1 Å². The molecule has 8 heteroatoms. The van der Waals surface area contributed by atoms with Crippen LogP contribution in [0.25, 0.3) is 0 Å². The summed E-state index contributed by atoms with van der Waals surface area (Å²) in [5.74, 6) is 0.882. The number of nitrogens with zero attached hydrogens (tertiary/aromatic N) is 2. The molecule has 1 rings (SSSR count). The molecule has 0 amide bonds. The molecule has 102 valence electrons. The Morgan fingerprint density at radius 2 is 2.18 bits per heavy atom. The van der Waals surface area contributed by atoms with Crippen LogP contribution >= 0.6 is 24.0 Å². The van der Waals surface area contributed by atoms with Gasteiger partial charge in [-0.15, -0.1) is 24.0 Å². The second-order valence-corrected chi connectivity index (χ2v) is 6.03. The van der Waals surface area contributed by atoms with Crippen molar-refractivity contribution in [3.8, 4) is 0 Å². The fraction of sp³-hybridized carbons (Fsp3) is 0.889. The second kappa shape index (κ2) is 7.37. The number of primary sulfonamides is 1. The van der Waals surface area contributed by atoms with Crippen LogP contribution in [0.3, 0.4) is 0 Å². The molecule has 6 nitrogen and oxygen atoms in total. The molecule has 0 aromatic carbocycles. The summed E-state index contributed by atoms with van der Waals surface area (Å²) in [6, 6.07) is 0. The Labute approximate surface area is 120 Å². The van der Waals surface area contributed by atoms with Crippen LogP contribution in [0, 0.1) is 5.92 Å². The van der Waals surface area contributed by atoms with Crippen LogP contribution < -0.4 is 10.9 Å². The van der Waals surface area contributed by atoms with Crippen LogP contribution in [-0.4, -0.2) is 44.7 Å². The Morgan fingerprint density at radius 3 is 2.71 bits per heavy atom. The lowest BCUT2D eigenvalue weighted by Crippen LogP contribution is -2.43. The zero-order valence-electron chi connectivity index (χ0n) is 10.0. The molecular formula is C9H21IN4O2S. The number of nitrogens with two attached hydrogens (primary N) is 2. The third-order valence-electron chi connectivity index (χ3n) is 2.63. The zero-order chi connectivity index (χ0) is 12.2. The smallest absolute Gasteiger partial charge is 0.210 e. The molecule has 4 N–H and O–H groups in total. The van der Waals surface area contributed by atoms with Crippen LogP contribution in [-0.2, 0) is 10.0 Å². The van der Waals surface area contributed by atoms with Gasteiger partial charge in [-0.05, 0) is 18.8 Å². The normalized spacial score (nSPS) is 22.1. The van der Waals surface area contributed by atoms with Crippen LogP contribution in [0.2, 0.25) is 0 Å². The Balaban J connectivity index is 0.00000256. The predicted octanol–water partition coefficient (Wildman–Crippen LogP) is -0.0605. The number of piperidine rings is 1. The third-order valence-corrected chi connectivity index (χ3v) is 3.38. The SMILES string of the molecule is CC1CCCN(C(N)=NCCS(N)(=O)=O)C1.I. The van der Waals surface area contributed by atoms with E-state index in [0.717, 1.165) is 19.5 Å². The number of rotatable bonds is 3. The molecule has 1 fully saturated rings. The molecule has 0 bridgehead atoms. The van der Waals surface area contributed by atoms with Gasteiger partial charge < -0.3 is 10.6 Å². The number of likely N-dealkylation sites (tertiary alicyclic amines) is 1. The summed E-state index contributed by atoms with van der Waals surface area (Å²) in [5.41, 5.74) is 5.78. The van der Waals surface area contributed by atoms with Gasteiger partial charge >= 0.3 is 0 Å². The van der Waals surface area contributed by atoms with Crippen molar-refractivity contribution in [3.05, 3.63) is 0 Å². The highest BCUT2D eigenvalue weighted by molar-refractivity contribution is 14.0. The van der Waals surface area contributed by atoms with E-state index in [1.165, 1.54) is 6.42 Å². The van der Waals surface area contributed by atoms with Crippen molar-refractivity contribution in [2.75, 3.05) is 25.4 Å². The molecule has 1 heterocycles. The highest BCUT2D eigenvalue weighted by Gasteiger charge is 2.17. The van der Waals surface area contributed by atoms with Crippen molar-refractivity contribution in [3.63, 3.8) is 0 Å². The number of sulfonamides is 1. The Bertz CT molecular complexity index is 358. The summed E-state index contributed by atoms with van der Waals surface area (Å²) >= 11 is 0. The summed E-state index contributed by atoms with van der Waals surface area (Å²) < 4.78 is 21.4. The minimum absolute atomic E-state index is 0. The van der Waals surface area contributed by atoms with Gasteiger partial charge in [-0.3, -0.25) is 4.99 Å². The Kier molecular flexibility index (Phi) is 7.33. The number of hydrogen-bond acceptors (Lipinski definition) is 3. The van der Waals surface area contributed by atoms with Gasteiger partial charge in [0.1, 0.15) is 0 Å². The zero-order valence-corrected chi connectivity index (χ0v) is 13.1. The highest BCUT2D eigenvalue weighted by atomic mass is 127. The fourth-order valence-electron chi connectivity index (χ4n) is 1.78. The largest absolute Gasteiger partial charge is 0.370 e. The van der Waals surface area contributed by atoms with Gasteiger partial charge in [0.05, 0.1) is 12.3 Å². The lowest BCUT2D eigenvalue weighted by Gasteiger charge is -2.31. The molecule has 0 radical (unpaired) electrons. The van der Waals surface area contributed by atoms with Gasteiger partial charge in [0.25, 0.3) is 0 Å². The number of aliphatic imine (C=N–C) groups is 1. The number of halogens is 1. The van der Waals surface area contributed by atoms with E-state index >= 15 is 0 Å². The first-order valence-corrected chi connectivity index (χ1v) is 7.15. The first-order chi connectivity index (χ1) is 7.38. The van der Waals surface area contributed by atoms with Gasteiger partial charge in [-0.25, -0.2) is 13.6 Å². The van der Waals surface area contributed by atoms with E-state index in [0.29, 0.717) is 11.9 Å². The molecule has 0 aromatic heterocycles. The van der Waals surface area contributed by atoms with Crippen molar-refractivity contribution >= 4 is 40.0 Å². The first-order valence-electron chi connectivity index (χ1n) is 5.44. The molecule has 0 spiro atoms. The lowest BCUT2D eigenvalue weighted by molar-refractivity contribution is 0.270. The van der Waals surface area contributed by atoms with Crippen molar-refractivity contribution < 1.29 is 8.42 Å². The van der Waals surface area contributed by atoms with E-state index in [9.17, 15) is 8.42 Å². The quantitative estimate of drug-likeness (QED) is 0.409. The Morgan fingerprint density at radius 1 is 1.53 bits per heavy atom. The Hall–Kier alpha value is -0.0900. The van der Waals surface area contributed by atoms with Gasteiger partial charge in [0.2, 0.25) is 10.0 Å². The lowest BCUT2D eigenvalue weighted by atomic mass is 10.0. The highest BCUT2D eigenvalue weighted by Crippen LogP contribution is 2.14. The molecule has 0 aromatic rings. The molecule has 1 unspecified atom stereocenters. The minimum Gasteiger partial charge on any atom is -0.370 e. The van der Waals surface area contributed by atoms with Crippen LogP contribution in [0.5, 0.6) is 0 Å². The van der Waals surface area contributed by atoms with E-state index in [1.807, 2.05) is 4.90 Å². The number of hydrogen-bond donors (Lipinski definition) is 2. The fourth-order valence-corrected chi connectivity index (χ4v) is 2.13. The molecule has 17 heavy (non-hydrogen) atoms. The molecule has 0 saturated carbocycles. The van der Waals surface area contributed by atoms with E-state index in [1.54, 1.807) is 0 Å². The van der Waals surface area contributed by atoms with E-state index in [2.05, 4.69) is 11.9 Å². The second-order valence-electron chi connectivity index (χ2n) is 4.30. The summed E-state index contributed by atoms with van der Waals surface area (Å²) in [4.78, 5) is 6.03. The molecule has 1 aliphatic rings. The third kappa shape index (κ3) is 7.04. The monoisotopic (exact) mass is 376 g/mol. The molecule has 0 aliphatic carbocycles. The van der Waals surface area contributed by atoms with Gasteiger partial charge in [-0.2, -0.15) is 0 Å². The average Bonchev–Trinajstić information content (AvgIpc) is 2.15. The molecular weight excluding hydrogens is 355 g/mol. The van der Waals surface area contributed by atoms with Crippen molar-refractivity contribution in [1.82, 2.24) is 4.90 Å². The maximum atomic E-state index is 10.7. The summed E-state index contributed by atoms with van der Waals surface area (Å²) in [7, 11) is -3.44. The van der Waals surface area contributed by atoms with Crippen molar-refractivity contribution in [1.29, 1.82) is 0 Å². The summed E-state index contributed by atoms with van der Waals surface area (Å²) in [6.07, 6.45) is 2.31. The van der Waals surface area contributed by atoms with E-state index in [-0.39, 0.29) is 36.3 Å². The van der Waals surface area contributed by atoms with E-state index < -0.39 is 10.0 Å². The topological polar surface area (TPSA) is 102 Å². The first kappa shape index (κ1) is 16.9.